The number of hydrogen-bond donors (Lipinski definition) is 0. The van der Waals surface area contributed by atoms with Crippen molar-refractivity contribution in [1.29, 1.82) is 0 Å². The van der Waals surface area contributed by atoms with Crippen molar-refractivity contribution in [2.75, 3.05) is 4.90 Å². The van der Waals surface area contributed by atoms with Crippen LogP contribution < -0.4 is 4.90 Å². The van der Waals surface area contributed by atoms with Crippen molar-refractivity contribution in [2.45, 2.75) is 0 Å². The van der Waals surface area contributed by atoms with E-state index in [2.05, 4.69) is 241 Å². The van der Waals surface area contributed by atoms with Crippen LogP contribution in [0.25, 0.3) is 96.0 Å². The standard InChI is InChI=1S/C60H39NS2/c1-4-16-40(17-5-1)47-22-10-11-23-48(47)43-30-34-45(35-31-43)61(46-36-32-44(33-37-46)50-25-14-26-53-52-24-12-13-29-56(52)62-58(50)53)55-28-15-27-54-57-49(41-18-6-2-7-19-41)38-39-51(60(57)63-59(54)55)42-20-8-3-9-21-42/h1-39H. The van der Waals surface area contributed by atoms with Crippen molar-refractivity contribution in [3.63, 3.8) is 0 Å². The molecule has 2 heterocycles. The first-order valence-corrected chi connectivity index (χ1v) is 23.0. The molecule has 1 nitrogen and oxygen atoms in total. The average molecular weight is 838 g/mol. The maximum absolute atomic E-state index is 2.46. The molecule has 0 saturated heterocycles. The lowest BCUT2D eigenvalue weighted by molar-refractivity contribution is 1.30. The van der Waals surface area contributed by atoms with Crippen LogP contribution in [-0.4, -0.2) is 0 Å². The Hall–Kier alpha value is -7.56. The van der Waals surface area contributed by atoms with Crippen LogP contribution in [0.5, 0.6) is 0 Å². The smallest absolute Gasteiger partial charge is 0.0640 e. The molecule has 0 bridgehead atoms. The highest BCUT2D eigenvalue weighted by atomic mass is 32.1. The molecule has 0 aliphatic rings. The highest BCUT2D eigenvalue weighted by Crippen LogP contribution is 2.50. The van der Waals surface area contributed by atoms with E-state index in [-0.39, 0.29) is 0 Å². The molecule has 0 radical (unpaired) electrons. The summed E-state index contributed by atoms with van der Waals surface area (Å²) < 4.78 is 5.20. The van der Waals surface area contributed by atoms with E-state index in [9.17, 15) is 0 Å². The van der Waals surface area contributed by atoms with E-state index in [1.165, 1.54) is 96.0 Å². The van der Waals surface area contributed by atoms with Gasteiger partial charge in [-0.25, -0.2) is 0 Å². The van der Waals surface area contributed by atoms with Gasteiger partial charge >= 0.3 is 0 Å². The Balaban J connectivity index is 1.05. The van der Waals surface area contributed by atoms with Gasteiger partial charge in [0.05, 0.1) is 10.4 Å². The maximum atomic E-state index is 2.46. The molecule has 12 aromatic rings. The van der Waals surface area contributed by atoms with Crippen LogP contribution in [0.15, 0.2) is 237 Å². The first-order chi connectivity index (χ1) is 31.3. The second-order valence-corrected chi connectivity index (χ2v) is 18.0. The van der Waals surface area contributed by atoms with Gasteiger partial charge in [0.25, 0.3) is 0 Å². The van der Waals surface area contributed by atoms with Crippen LogP contribution in [0.3, 0.4) is 0 Å². The van der Waals surface area contributed by atoms with E-state index < -0.39 is 0 Å². The SMILES string of the molecule is c1ccc(-c2ccccc2-c2ccc(N(c3ccc(-c4cccc5c4sc4ccccc45)cc3)c3cccc4c3sc3c(-c5ccccc5)ccc(-c5ccccc5)c34)cc2)cc1. The van der Waals surface area contributed by atoms with E-state index in [1.54, 1.807) is 0 Å². The van der Waals surface area contributed by atoms with Gasteiger partial charge in [0.1, 0.15) is 0 Å². The highest BCUT2D eigenvalue weighted by molar-refractivity contribution is 7.27. The van der Waals surface area contributed by atoms with Crippen LogP contribution in [-0.2, 0) is 0 Å². The molecule has 3 heteroatoms. The number of anilines is 3. The lowest BCUT2D eigenvalue weighted by Gasteiger charge is -2.26. The predicted octanol–water partition coefficient (Wildman–Crippen LogP) is 18.2. The molecule has 12 rings (SSSR count). The molecule has 296 valence electrons. The second kappa shape index (κ2) is 15.7. The summed E-state index contributed by atoms with van der Waals surface area (Å²) in [5.74, 6) is 0. The summed E-state index contributed by atoms with van der Waals surface area (Å²) in [4.78, 5) is 2.46. The fourth-order valence-electron chi connectivity index (χ4n) is 9.35. The van der Waals surface area contributed by atoms with Gasteiger partial charge in [-0.1, -0.05) is 200 Å². The molecule has 0 aliphatic carbocycles. The Labute approximate surface area is 375 Å². The van der Waals surface area contributed by atoms with Gasteiger partial charge in [-0.3, -0.25) is 0 Å². The van der Waals surface area contributed by atoms with E-state index in [4.69, 9.17) is 0 Å². The van der Waals surface area contributed by atoms with E-state index in [1.807, 2.05) is 22.7 Å². The largest absolute Gasteiger partial charge is 0.309 e. The minimum absolute atomic E-state index is 1.10. The Kier molecular flexibility index (Phi) is 9.29. The molecular formula is C60H39NS2. The topological polar surface area (TPSA) is 3.24 Å². The zero-order chi connectivity index (χ0) is 41.7. The van der Waals surface area contributed by atoms with Gasteiger partial charge in [0, 0.05) is 47.0 Å². The van der Waals surface area contributed by atoms with Gasteiger partial charge in [-0.05, 0) is 92.0 Å². The number of thiophene rings is 2. The monoisotopic (exact) mass is 837 g/mol. The zero-order valence-corrected chi connectivity index (χ0v) is 35.9. The van der Waals surface area contributed by atoms with Crippen LogP contribution in [0.4, 0.5) is 17.1 Å². The van der Waals surface area contributed by atoms with E-state index in [0.29, 0.717) is 0 Å². The van der Waals surface area contributed by atoms with Crippen molar-refractivity contribution in [3.8, 4) is 55.6 Å². The third-order valence-corrected chi connectivity index (χ3v) is 14.8. The summed E-state index contributed by atoms with van der Waals surface area (Å²) in [5, 5.41) is 5.19. The highest BCUT2D eigenvalue weighted by Gasteiger charge is 2.22. The second-order valence-electron chi connectivity index (χ2n) is 16.0. The van der Waals surface area contributed by atoms with Crippen LogP contribution in [0, 0.1) is 0 Å². The first-order valence-electron chi connectivity index (χ1n) is 21.4. The lowest BCUT2D eigenvalue weighted by Crippen LogP contribution is -2.10. The first kappa shape index (κ1) is 37.2. The fraction of sp³-hybridized carbons (Fsp3) is 0. The van der Waals surface area contributed by atoms with Crippen molar-refractivity contribution >= 4 is 80.1 Å². The molecule has 10 aromatic carbocycles. The molecule has 0 spiro atoms. The van der Waals surface area contributed by atoms with Crippen molar-refractivity contribution in [3.05, 3.63) is 237 Å². The minimum atomic E-state index is 1.10. The lowest BCUT2D eigenvalue weighted by atomic mass is 9.94. The third kappa shape index (κ3) is 6.53. The fourth-order valence-corrected chi connectivity index (χ4v) is 12.0. The van der Waals surface area contributed by atoms with Crippen molar-refractivity contribution in [2.24, 2.45) is 0 Å². The van der Waals surface area contributed by atoms with Crippen LogP contribution >= 0.6 is 22.7 Å². The summed E-state index contributed by atoms with van der Waals surface area (Å²) in [7, 11) is 0. The van der Waals surface area contributed by atoms with E-state index in [0.717, 1.165) is 17.1 Å². The summed E-state index contributed by atoms with van der Waals surface area (Å²) in [6.45, 7) is 0. The molecule has 0 unspecified atom stereocenters. The number of hydrogen-bond acceptors (Lipinski definition) is 3. The van der Waals surface area contributed by atoms with Gasteiger partial charge in [-0.2, -0.15) is 0 Å². The molecule has 0 saturated carbocycles. The van der Waals surface area contributed by atoms with Crippen LogP contribution in [0.2, 0.25) is 0 Å². The quantitative estimate of drug-likeness (QED) is 0.147. The van der Waals surface area contributed by atoms with Gasteiger partial charge in [0.15, 0.2) is 0 Å². The summed E-state index contributed by atoms with van der Waals surface area (Å²) >= 11 is 3.78. The average Bonchev–Trinajstić information content (AvgIpc) is 3.95. The van der Waals surface area contributed by atoms with Crippen molar-refractivity contribution in [1.82, 2.24) is 0 Å². The number of rotatable bonds is 8. The zero-order valence-electron chi connectivity index (χ0n) is 34.3. The Morgan fingerprint density at radius 1 is 0.254 bits per heavy atom. The molecule has 0 atom stereocenters. The maximum Gasteiger partial charge on any atom is 0.0640 e. The molecule has 0 fully saturated rings. The van der Waals surface area contributed by atoms with E-state index >= 15 is 0 Å². The molecule has 0 aliphatic heterocycles. The summed E-state index contributed by atoms with van der Waals surface area (Å²) in [5.41, 5.74) is 15.6. The Morgan fingerprint density at radius 2 is 0.698 bits per heavy atom. The third-order valence-electron chi connectivity index (χ3n) is 12.3. The summed E-state index contributed by atoms with van der Waals surface area (Å²) in [6, 6.07) is 86.4. The molecule has 0 N–H and O–H groups in total. The molecular weight excluding hydrogens is 799 g/mol. The predicted molar refractivity (Wildman–Crippen MR) is 274 cm³/mol. The molecule has 2 aromatic heterocycles. The van der Waals surface area contributed by atoms with Gasteiger partial charge in [0.2, 0.25) is 0 Å². The Morgan fingerprint density at radius 3 is 1.35 bits per heavy atom. The molecule has 63 heavy (non-hydrogen) atoms. The van der Waals surface area contributed by atoms with Gasteiger partial charge in [-0.15, -0.1) is 22.7 Å². The number of benzene rings is 10. The van der Waals surface area contributed by atoms with Crippen molar-refractivity contribution < 1.29 is 0 Å². The number of nitrogens with zero attached hydrogens (tertiary/aromatic N) is 1. The van der Waals surface area contributed by atoms with Crippen LogP contribution in [0.1, 0.15) is 0 Å². The minimum Gasteiger partial charge on any atom is -0.309 e. The Bertz CT molecular complexity index is 3590. The normalized spacial score (nSPS) is 11.5. The summed E-state index contributed by atoms with van der Waals surface area (Å²) in [6.07, 6.45) is 0. The molecule has 0 amide bonds. The van der Waals surface area contributed by atoms with Gasteiger partial charge < -0.3 is 4.90 Å². The number of fused-ring (bicyclic) bond motifs is 6.